The third-order valence-electron chi connectivity index (χ3n) is 1.91. The SMILES string of the molecule is I[I-]CCCCCCCCC[I-]I. The van der Waals surface area contributed by atoms with E-state index in [2.05, 4.69) is 37.2 Å². The van der Waals surface area contributed by atoms with Crippen molar-refractivity contribution in [2.75, 3.05) is 8.86 Å². The molecule has 0 saturated carbocycles. The van der Waals surface area contributed by atoms with E-state index in [1.165, 1.54) is 44.9 Å². The van der Waals surface area contributed by atoms with Crippen molar-refractivity contribution in [3.63, 3.8) is 0 Å². The van der Waals surface area contributed by atoms with Crippen molar-refractivity contribution >= 4 is 37.2 Å². The minimum absolute atomic E-state index is 0.546. The van der Waals surface area contributed by atoms with Crippen molar-refractivity contribution in [3.05, 3.63) is 0 Å². The Morgan fingerprint density at radius 1 is 0.538 bits per heavy atom. The number of rotatable bonds is 10. The molecule has 0 spiro atoms. The Morgan fingerprint density at radius 2 is 0.846 bits per heavy atom. The standard InChI is InChI=1S/C9H18I4/c10-12-8-6-4-2-1-3-5-7-9-13-11/h1-9H2/q-2. The maximum atomic E-state index is 2.58. The van der Waals surface area contributed by atoms with Crippen LogP contribution in [0.2, 0.25) is 0 Å². The molecule has 0 aliphatic carbocycles. The van der Waals surface area contributed by atoms with E-state index in [-0.39, 0.29) is 0 Å². The van der Waals surface area contributed by atoms with Crippen molar-refractivity contribution in [1.29, 1.82) is 0 Å². The van der Waals surface area contributed by atoms with Crippen LogP contribution in [0.3, 0.4) is 0 Å². The Labute approximate surface area is 123 Å². The molecule has 0 N–H and O–H groups in total. The predicted molar refractivity (Wildman–Crippen MR) is 70.1 cm³/mol. The van der Waals surface area contributed by atoms with Crippen LogP contribution < -0.4 is 34.5 Å². The van der Waals surface area contributed by atoms with Crippen molar-refractivity contribution < 1.29 is 34.5 Å². The molecule has 0 fully saturated rings. The fourth-order valence-electron chi connectivity index (χ4n) is 1.17. The molecule has 84 valence electrons. The summed E-state index contributed by atoms with van der Waals surface area (Å²) < 4.78 is 3.08. The molecule has 0 bridgehead atoms. The summed E-state index contributed by atoms with van der Waals surface area (Å²) in [5.74, 6) is 0. The van der Waals surface area contributed by atoms with E-state index in [0.29, 0.717) is 34.5 Å². The first-order valence-corrected chi connectivity index (χ1v) is 20.4. The Bertz CT molecular complexity index is 77.7. The molecule has 0 aliphatic heterocycles. The molecule has 0 unspecified atom stereocenters. The van der Waals surface area contributed by atoms with Gasteiger partial charge < -0.3 is 0 Å². The minimum atomic E-state index is 0.546. The molecule has 0 radical (unpaired) electrons. The zero-order valence-corrected chi connectivity index (χ0v) is 16.5. The third-order valence-corrected chi connectivity index (χ3v) is 9.72. The first kappa shape index (κ1) is 15.9. The average Bonchev–Trinajstić information content (AvgIpc) is 2.16. The molecule has 0 rings (SSSR count). The van der Waals surface area contributed by atoms with Gasteiger partial charge in [0.25, 0.3) is 0 Å². The number of halogens is 4. The zero-order valence-electron chi connectivity index (χ0n) is 7.88. The van der Waals surface area contributed by atoms with Crippen molar-refractivity contribution in [2.45, 2.75) is 44.9 Å². The van der Waals surface area contributed by atoms with Crippen LogP contribution in [0.1, 0.15) is 44.9 Å². The molecule has 0 nitrogen and oxygen atoms in total. The predicted octanol–water partition coefficient (Wildman–Crippen LogP) is -1.40. The van der Waals surface area contributed by atoms with Gasteiger partial charge in [0, 0.05) is 0 Å². The molecule has 0 aromatic rings. The van der Waals surface area contributed by atoms with Gasteiger partial charge in [0.15, 0.2) is 0 Å². The molecule has 0 amide bonds. The van der Waals surface area contributed by atoms with Gasteiger partial charge in [-0.05, 0) is 0 Å². The fraction of sp³-hybridized carbons (Fsp3) is 1.00. The molecule has 0 aromatic carbocycles. The fourth-order valence-corrected chi connectivity index (χ4v) is 6.70. The van der Waals surface area contributed by atoms with Crippen LogP contribution >= 0.6 is 37.2 Å². The van der Waals surface area contributed by atoms with Crippen LogP contribution in [0.4, 0.5) is 0 Å². The topological polar surface area (TPSA) is 0 Å². The van der Waals surface area contributed by atoms with Gasteiger partial charge in [-0.15, -0.1) is 0 Å². The third kappa shape index (κ3) is 14.9. The summed E-state index contributed by atoms with van der Waals surface area (Å²) in [6.07, 6.45) is 10.5. The van der Waals surface area contributed by atoms with Gasteiger partial charge in [0.1, 0.15) is 0 Å². The molecular formula is C9H18I4-2. The summed E-state index contributed by atoms with van der Waals surface area (Å²) in [5.41, 5.74) is 0. The van der Waals surface area contributed by atoms with Crippen LogP contribution in [0.15, 0.2) is 0 Å². The monoisotopic (exact) mass is 634 g/mol. The second kappa shape index (κ2) is 14.9. The summed E-state index contributed by atoms with van der Waals surface area (Å²) >= 11 is 6.26. The Kier molecular flexibility index (Phi) is 18.3. The summed E-state index contributed by atoms with van der Waals surface area (Å²) in [6, 6.07) is 0. The van der Waals surface area contributed by atoms with Gasteiger partial charge in [-0.25, -0.2) is 0 Å². The van der Waals surface area contributed by atoms with E-state index < -0.39 is 0 Å². The van der Waals surface area contributed by atoms with Crippen LogP contribution in [-0.4, -0.2) is 8.86 Å². The van der Waals surface area contributed by atoms with Gasteiger partial charge in [-0.3, -0.25) is 0 Å². The summed E-state index contributed by atoms with van der Waals surface area (Å²) in [4.78, 5) is 0. The van der Waals surface area contributed by atoms with E-state index in [1.807, 2.05) is 0 Å². The second-order valence-electron chi connectivity index (χ2n) is 3.05. The Hall–Kier alpha value is 2.92. The van der Waals surface area contributed by atoms with E-state index >= 15 is 0 Å². The summed E-state index contributed by atoms with van der Waals surface area (Å²) in [7, 11) is 0. The Balaban J connectivity index is 2.76. The quantitative estimate of drug-likeness (QED) is 0.158. The molecule has 0 aliphatic rings. The van der Waals surface area contributed by atoms with Gasteiger partial charge >= 0.3 is 125 Å². The Morgan fingerprint density at radius 3 is 1.15 bits per heavy atom. The zero-order chi connectivity index (χ0) is 9.78. The van der Waals surface area contributed by atoms with E-state index in [1.54, 1.807) is 8.86 Å². The van der Waals surface area contributed by atoms with Gasteiger partial charge in [0.2, 0.25) is 0 Å². The normalized spacial score (nSPS) is 11.2. The van der Waals surface area contributed by atoms with Gasteiger partial charge in [-0.2, -0.15) is 0 Å². The van der Waals surface area contributed by atoms with Crippen molar-refractivity contribution in [1.82, 2.24) is 0 Å². The first-order chi connectivity index (χ1) is 6.41. The average molecular weight is 634 g/mol. The summed E-state index contributed by atoms with van der Waals surface area (Å²) in [6.45, 7) is 0. The maximum absolute atomic E-state index is 2.58. The van der Waals surface area contributed by atoms with E-state index in [9.17, 15) is 0 Å². The summed E-state index contributed by atoms with van der Waals surface area (Å²) in [5, 5.41) is 0. The van der Waals surface area contributed by atoms with Gasteiger partial charge in [0.05, 0.1) is 0 Å². The van der Waals surface area contributed by atoms with Gasteiger partial charge in [-0.1, -0.05) is 0 Å². The molecule has 0 atom stereocenters. The second-order valence-corrected chi connectivity index (χ2v) is 14.1. The van der Waals surface area contributed by atoms with E-state index in [4.69, 9.17) is 0 Å². The molecular weight excluding hydrogens is 616 g/mol. The van der Waals surface area contributed by atoms with Crippen molar-refractivity contribution in [2.24, 2.45) is 0 Å². The molecule has 0 aromatic heterocycles. The number of hydrogen-bond acceptors (Lipinski definition) is 0. The molecule has 4 heteroatoms. The van der Waals surface area contributed by atoms with Crippen LogP contribution in [0, 0.1) is 0 Å². The van der Waals surface area contributed by atoms with Crippen LogP contribution in [0.25, 0.3) is 0 Å². The van der Waals surface area contributed by atoms with E-state index in [0.717, 1.165) is 0 Å². The molecule has 0 saturated heterocycles. The van der Waals surface area contributed by atoms with Crippen molar-refractivity contribution in [3.8, 4) is 0 Å². The number of alkyl halides is 2. The number of hydrogen-bond donors (Lipinski definition) is 0. The first-order valence-electron chi connectivity index (χ1n) is 4.82. The van der Waals surface area contributed by atoms with Crippen LogP contribution in [0.5, 0.6) is 0 Å². The number of unbranched alkanes of at least 4 members (excludes halogenated alkanes) is 6. The van der Waals surface area contributed by atoms with Crippen LogP contribution in [-0.2, 0) is 0 Å². The molecule has 0 heterocycles. The molecule has 13 heavy (non-hydrogen) atoms.